The Kier molecular flexibility index (Phi) is 7.05. The SMILES string of the molecule is C=CCCC(O)COCC(C)O. The summed E-state index contributed by atoms with van der Waals surface area (Å²) in [5.41, 5.74) is 0. The third kappa shape index (κ3) is 7.72. The summed E-state index contributed by atoms with van der Waals surface area (Å²) in [5.74, 6) is 0. The Balaban J connectivity index is 3.18. The van der Waals surface area contributed by atoms with E-state index in [2.05, 4.69) is 6.58 Å². The van der Waals surface area contributed by atoms with Crippen LogP contribution >= 0.6 is 0 Å². The predicted octanol–water partition coefficient (Wildman–Crippen LogP) is 0.711. The summed E-state index contributed by atoms with van der Waals surface area (Å²) in [5, 5.41) is 18.1. The monoisotopic (exact) mass is 174 g/mol. The van der Waals surface area contributed by atoms with Crippen molar-refractivity contribution in [1.82, 2.24) is 0 Å². The van der Waals surface area contributed by atoms with Crippen LogP contribution in [0.15, 0.2) is 12.7 Å². The number of aliphatic hydroxyl groups excluding tert-OH is 2. The van der Waals surface area contributed by atoms with Crippen molar-refractivity contribution in [3.63, 3.8) is 0 Å². The Morgan fingerprint density at radius 3 is 2.58 bits per heavy atom. The van der Waals surface area contributed by atoms with Gasteiger partial charge in [0.2, 0.25) is 0 Å². The second kappa shape index (κ2) is 7.28. The van der Waals surface area contributed by atoms with Crippen molar-refractivity contribution in [2.75, 3.05) is 13.2 Å². The highest BCUT2D eigenvalue weighted by atomic mass is 16.5. The molecule has 0 radical (unpaired) electrons. The number of aliphatic hydroxyl groups is 2. The van der Waals surface area contributed by atoms with Crippen LogP contribution in [0, 0.1) is 0 Å². The fourth-order valence-electron chi connectivity index (χ4n) is 0.768. The van der Waals surface area contributed by atoms with Gasteiger partial charge in [0.25, 0.3) is 0 Å². The molecular weight excluding hydrogens is 156 g/mol. The molecule has 3 nitrogen and oxygen atoms in total. The summed E-state index contributed by atoms with van der Waals surface area (Å²) in [6.07, 6.45) is 2.32. The lowest BCUT2D eigenvalue weighted by molar-refractivity contribution is -0.00399. The molecule has 0 spiro atoms. The number of rotatable bonds is 7. The number of ether oxygens (including phenoxy) is 1. The highest BCUT2D eigenvalue weighted by Gasteiger charge is 2.03. The molecule has 3 heteroatoms. The second-order valence-electron chi connectivity index (χ2n) is 2.91. The molecule has 0 rings (SSSR count). The highest BCUT2D eigenvalue weighted by Crippen LogP contribution is 1.98. The largest absolute Gasteiger partial charge is 0.391 e. The molecule has 2 atom stereocenters. The molecule has 0 aromatic rings. The first-order valence-electron chi connectivity index (χ1n) is 4.21. The van der Waals surface area contributed by atoms with E-state index >= 15 is 0 Å². The maximum absolute atomic E-state index is 9.24. The summed E-state index contributed by atoms with van der Waals surface area (Å²) in [6, 6.07) is 0. The van der Waals surface area contributed by atoms with E-state index in [-0.39, 0.29) is 6.61 Å². The van der Waals surface area contributed by atoms with Crippen molar-refractivity contribution in [3.05, 3.63) is 12.7 Å². The molecule has 0 aromatic carbocycles. The Morgan fingerprint density at radius 2 is 2.08 bits per heavy atom. The molecule has 12 heavy (non-hydrogen) atoms. The van der Waals surface area contributed by atoms with Gasteiger partial charge in [0.15, 0.2) is 0 Å². The van der Waals surface area contributed by atoms with Crippen molar-refractivity contribution in [2.24, 2.45) is 0 Å². The zero-order chi connectivity index (χ0) is 9.40. The first kappa shape index (κ1) is 11.6. The Bertz CT molecular complexity index is 112. The minimum absolute atomic E-state index is 0.283. The standard InChI is InChI=1S/C9H18O3/c1-3-4-5-9(11)7-12-6-8(2)10/h3,8-11H,1,4-7H2,2H3. The van der Waals surface area contributed by atoms with Crippen LogP contribution in [0.2, 0.25) is 0 Å². The fourth-order valence-corrected chi connectivity index (χ4v) is 0.768. The zero-order valence-electron chi connectivity index (χ0n) is 7.57. The van der Waals surface area contributed by atoms with Crippen LogP contribution in [0.25, 0.3) is 0 Å². The minimum Gasteiger partial charge on any atom is -0.391 e. The molecule has 0 bridgehead atoms. The van der Waals surface area contributed by atoms with Gasteiger partial charge in [-0.05, 0) is 19.8 Å². The average Bonchev–Trinajstić information content (AvgIpc) is 2.00. The van der Waals surface area contributed by atoms with Crippen molar-refractivity contribution in [3.8, 4) is 0 Å². The Labute approximate surface area is 73.7 Å². The van der Waals surface area contributed by atoms with Crippen molar-refractivity contribution in [2.45, 2.75) is 32.0 Å². The van der Waals surface area contributed by atoms with E-state index in [4.69, 9.17) is 9.84 Å². The normalized spacial score (nSPS) is 15.6. The van der Waals surface area contributed by atoms with Gasteiger partial charge in [-0.1, -0.05) is 6.08 Å². The second-order valence-corrected chi connectivity index (χ2v) is 2.91. The van der Waals surface area contributed by atoms with Crippen LogP contribution in [-0.4, -0.2) is 35.6 Å². The fraction of sp³-hybridized carbons (Fsp3) is 0.778. The van der Waals surface area contributed by atoms with E-state index in [1.807, 2.05) is 0 Å². The lowest BCUT2D eigenvalue weighted by atomic mass is 10.2. The molecule has 0 saturated heterocycles. The topological polar surface area (TPSA) is 49.7 Å². The molecule has 0 aromatic heterocycles. The van der Waals surface area contributed by atoms with Gasteiger partial charge in [0.1, 0.15) is 0 Å². The van der Waals surface area contributed by atoms with Gasteiger partial charge < -0.3 is 14.9 Å². The molecule has 0 aliphatic rings. The Hall–Kier alpha value is -0.380. The lowest BCUT2D eigenvalue weighted by Crippen LogP contribution is -2.19. The summed E-state index contributed by atoms with van der Waals surface area (Å²) in [7, 11) is 0. The highest BCUT2D eigenvalue weighted by molar-refractivity contribution is 4.68. The van der Waals surface area contributed by atoms with Gasteiger partial charge >= 0.3 is 0 Å². The van der Waals surface area contributed by atoms with Crippen LogP contribution in [0.4, 0.5) is 0 Å². The van der Waals surface area contributed by atoms with Crippen molar-refractivity contribution < 1.29 is 14.9 Å². The molecule has 0 fully saturated rings. The van der Waals surface area contributed by atoms with E-state index in [1.54, 1.807) is 13.0 Å². The quantitative estimate of drug-likeness (QED) is 0.559. The number of hydrogen-bond acceptors (Lipinski definition) is 3. The molecule has 2 unspecified atom stereocenters. The molecule has 0 saturated carbocycles. The molecule has 0 heterocycles. The predicted molar refractivity (Wildman–Crippen MR) is 47.9 cm³/mol. The van der Waals surface area contributed by atoms with Gasteiger partial charge in [-0.2, -0.15) is 0 Å². The van der Waals surface area contributed by atoms with E-state index in [0.29, 0.717) is 13.0 Å². The Morgan fingerprint density at radius 1 is 1.42 bits per heavy atom. The van der Waals surface area contributed by atoms with Crippen LogP contribution in [0.3, 0.4) is 0 Å². The van der Waals surface area contributed by atoms with Crippen LogP contribution in [0.1, 0.15) is 19.8 Å². The van der Waals surface area contributed by atoms with Gasteiger partial charge in [0, 0.05) is 0 Å². The van der Waals surface area contributed by atoms with Gasteiger partial charge in [0.05, 0.1) is 25.4 Å². The van der Waals surface area contributed by atoms with Crippen molar-refractivity contribution >= 4 is 0 Å². The van der Waals surface area contributed by atoms with E-state index in [9.17, 15) is 5.11 Å². The first-order chi connectivity index (χ1) is 5.66. The smallest absolute Gasteiger partial charge is 0.0776 e. The van der Waals surface area contributed by atoms with Gasteiger partial charge in [-0.25, -0.2) is 0 Å². The van der Waals surface area contributed by atoms with Crippen LogP contribution in [0.5, 0.6) is 0 Å². The molecule has 0 amide bonds. The third-order valence-electron chi connectivity index (χ3n) is 1.37. The summed E-state index contributed by atoms with van der Waals surface area (Å²) in [6.45, 7) is 5.77. The van der Waals surface area contributed by atoms with E-state index in [0.717, 1.165) is 6.42 Å². The van der Waals surface area contributed by atoms with Gasteiger partial charge in [-0.3, -0.25) is 0 Å². The lowest BCUT2D eigenvalue weighted by Gasteiger charge is -2.10. The first-order valence-corrected chi connectivity index (χ1v) is 4.21. The molecular formula is C9H18O3. The molecule has 0 aliphatic carbocycles. The number of allylic oxidation sites excluding steroid dienone is 1. The summed E-state index contributed by atoms with van der Waals surface area (Å²) >= 11 is 0. The van der Waals surface area contributed by atoms with Crippen molar-refractivity contribution in [1.29, 1.82) is 0 Å². The molecule has 2 N–H and O–H groups in total. The average molecular weight is 174 g/mol. The maximum Gasteiger partial charge on any atom is 0.0776 e. The van der Waals surface area contributed by atoms with E-state index < -0.39 is 12.2 Å². The zero-order valence-corrected chi connectivity index (χ0v) is 7.57. The van der Waals surface area contributed by atoms with Gasteiger partial charge in [-0.15, -0.1) is 6.58 Å². The summed E-state index contributed by atoms with van der Waals surface area (Å²) in [4.78, 5) is 0. The molecule has 0 aliphatic heterocycles. The number of hydrogen-bond donors (Lipinski definition) is 2. The van der Waals surface area contributed by atoms with Crippen LogP contribution in [-0.2, 0) is 4.74 Å². The molecule has 72 valence electrons. The minimum atomic E-state index is -0.461. The third-order valence-corrected chi connectivity index (χ3v) is 1.37. The van der Waals surface area contributed by atoms with Crippen LogP contribution < -0.4 is 0 Å². The van der Waals surface area contributed by atoms with E-state index in [1.165, 1.54) is 0 Å². The summed E-state index contributed by atoms with van der Waals surface area (Å²) < 4.78 is 5.02. The maximum atomic E-state index is 9.24.